The molecule has 0 spiro atoms. The molecule has 144 valence electrons. The molecule has 2 aliphatic rings. The van der Waals surface area contributed by atoms with Gasteiger partial charge in [-0.05, 0) is 30.9 Å². The Morgan fingerprint density at radius 2 is 1.93 bits per heavy atom. The van der Waals surface area contributed by atoms with Crippen LogP contribution in [-0.4, -0.2) is 46.1 Å². The zero-order valence-corrected chi connectivity index (χ0v) is 16.7. The summed E-state index contributed by atoms with van der Waals surface area (Å²) in [5.41, 5.74) is 10.6. The molecule has 1 aromatic carbocycles. The van der Waals surface area contributed by atoms with Gasteiger partial charge in [0.15, 0.2) is 5.82 Å². The van der Waals surface area contributed by atoms with Gasteiger partial charge in [-0.1, -0.05) is 31.2 Å². The van der Waals surface area contributed by atoms with Crippen molar-refractivity contribution in [3.8, 4) is 0 Å². The lowest BCUT2D eigenvalue weighted by Gasteiger charge is -2.32. The van der Waals surface area contributed by atoms with Gasteiger partial charge in [0.25, 0.3) is 0 Å². The van der Waals surface area contributed by atoms with Crippen molar-refractivity contribution in [3.05, 3.63) is 59.3 Å². The first-order valence-electron chi connectivity index (χ1n) is 10.1. The third kappa shape index (κ3) is 2.59. The number of hydrogen-bond acceptors (Lipinski definition) is 5. The second-order valence-corrected chi connectivity index (χ2v) is 7.59. The van der Waals surface area contributed by atoms with Gasteiger partial charge in [0, 0.05) is 44.6 Å². The van der Waals surface area contributed by atoms with Gasteiger partial charge in [-0.25, -0.2) is 15.4 Å². The van der Waals surface area contributed by atoms with Crippen molar-refractivity contribution in [2.45, 2.75) is 26.7 Å². The fourth-order valence-corrected chi connectivity index (χ4v) is 4.17. The molecule has 0 radical (unpaired) electrons. The first-order valence-corrected chi connectivity index (χ1v) is 10.1. The number of imidazole rings is 1. The van der Waals surface area contributed by atoms with Gasteiger partial charge in [-0.15, -0.1) is 0 Å². The summed E-state index contributed by atoms with van der Waals surface area (Å²) in [4.78, 5) is 12.1. The van der Waals surface area contributed by atoms with Crippen molar-refractivity contribution in [2.24, 2.45) is 0 Å². The SMILES string of the molecule is CCc1ccc(C2=C(c3nc(C)n4ccnc(N5CCC5)c34)CNN2C)cc1. The number of nitrogens with zero attached hydrogens (tertiary/aromatic N) is 5. The Balaban J connectivity index is 1.72. The number of anilines is 1. The van der Waals surface area contributed by atoms with E-state index in [1.54, 1.807) is 0 Å². The van der Waals surface area contributed by atoms with E-state index in [1.165, 1.54) is 28.8 Å². The first kappa shape index (κ1) is 17.3. The van der Waals surface area contributed by atoms with E-state index in [-0.39, 0.29) is 0 Å². The molecule has 0 atom stereocenters. The molecule has 0 unspecified atom stereocenters. The summed E-state index contributed by atoms with van der Waals surface area (Å²) in [6.07, 6.45) is 6.19. The number of benzene rings is 1. The highest BCUT2D eigenvalue weighted by Gasteiger charge is 2.29. The number of hydrogen-bond donors (Lipinski definition) is 1. The molecule has 5 rings (SSSR count). The van der Waals surface area contributed by atoms with Crippen LogP contribution < -0.4 is 10.3 Å². The minimum absolute atomic E-state index is 0.766. The molecule has 6 heteroatoms. The fourth-order valence-electron chi connectivity index (χ4n) is 4.17. The average molecular weight is 374 g/mol. The third-order valence-corrected chi connectivity index (χ3v) is 5.90. The lowest BCUT2D eigenvalue weighted by Crippen LogP contribution is -2.38. The first-order chi connectivity index (χ1) is 13.7. The highest BCUT2D eigenvalue weighted by molar-refractivity contribution is 5.97. The Bertz CT molecular complexity index is 1060. The number of aromatic nitrogens is 3. The Morgan fingerprint density at radius 3 is 2.61 bits per heavy atom. The van der Waals surface area contributed by atoms with Crippen LogP contribution in [0.25, 0.3) is 16.8 Å². The van der Waals surface area contributed by atoms with E-state index in [2.05, 4.69) is 64.9 Å². The van der Waals surface area contributed by atoms with Crippen molar-refractivity contribution in [1.29, 1.82) is 0 Å². The van der Waals surface area contributed by atoms with E-state index in [0.29, 0.717) is 0 Å². The van der Waals surface area contributed by atoms with Crippen LogP contribution in [0.3, 0.4) is 0 Å². The van der Waals surface area contributed by atoms with Crippen LogP contribution in [0.1, 0.15) is 36.0 Å². The number of fused-ring (bicyclic) bond motifs is 1. The smallest absolute Gasteiger partial charge is 0.155 e. The maximum atomic E-state index is 4.99. The normalized spacial score (nSPS) is 17.0. The molecule has 6 nitrogen and oxygen atoms in total. The lowest BCUT2D eigenvalue weighted by molar-refractivity contribution is 0.392. The second-order valence-electron chi connectivity index (χ2n) is 7.59. The van der Waals surface area contributed by atoms with Crippen molar-refractivity contribution in [1.82, 2.24) is 24.8 Å². The van der Waals surface area contributed by atoms with Crippen molar-refractivity contribution >= 4 is 22.6 Å². The summed E-state index contributed by atoms with van der Waals surface area (Å²) in [7, 11) is 2.08. The van der Waals surface area contributed by atoms with E-state index in [9.17, 15) is 0 Å². The fraction of sp³-hybridized carbons (Fsp3) is 0.364. The summed E-state index contributed by atoms with van der Waals surface area (Å²) < 4.78 is 2.18. The highest BCUT2D eigenvalue weighted by Crippen LogP contribution is 2.36. The van der Waals surface area contributed by atoms with Crippen LogP contribution in [0.15, 0.2) is 36.7 Å². The van der Waals surface area contributed by atoms with Crippen LogP contribution in [-0.2, 0) is 6.42 Å². The van der Waals surface area contributed by atoms with Gasteiger partial charge in [-0.3, -0.25) is 4.40 Å². The predicted molar refractivity (Wildman–Crippen MR) is 113 cm³/mol. The Kier molecular flexibility index (Phi) is 4.09. The van der Waals surface area contributed by atoms with E-state index in [1.807, 2.05) is 12.4 Å². The average Bonchev–Trinajstić information content (AvgIpc) is 3.21. The maximum Gasteiger partial charge on any atom is 0.155 e. The molecule has 0 bridgehead atoms. The summed E-state index contributed by atoms with van der Waals surface area (Å²) >= 11 is 0. The molecule has 3 aromatic rings. The molecule has 28 heavy (non-hydrogen) atoms. The van der Waals surface area contributed by atoms with E-state index in [0.717, 1.165) is 48.9 Å². The number of hydrazine groups is 1. The van der Waals surface area contributed by atoms with Gasteiger partial charge in [0.1, 0.15) is 11.3 Å². The number of nitrogens with one attached hydrogen (secondary N) is 1. The van der Waals surface area contributed by atoms with Gasteiger partial charge in [0.2, 0.25) is 0 Å². The zero-order chi connectivity index (χ0) is 19.3. The van der Waals surface area contributed by atoms with Crippen LogP contribution in [0.5, 0.6) is 0 Å². The minimum atomic E-state index is 0.766. The molecule has 2 aromatic heterocycles. The number of aryl methyl sites for hydroxylation is 2. The molecule has 0 saturated carbocycles. The largest absolute Gasteiger partial charge is 0.355 e. The van der Waals surface area contributed by atoms with Crippen LogP contribution >= 0.6 is 0 Å². The minimum Gasteiger partial charge on any atom is -0.355 e. The van der Waals surface area contributed by atoms with E-state index in [4.69, 9.17) is 9.97 Å². The molecule has 0 amide bonds. The van der Waals surface area contributed by atoms with Gasteiger partial charge in [-0.2, -0.15) is 0 Å². The molecular weight excluding hydrogens is 348 g/mol. The van der Waals surface area contributed by atoms with Crippen LogP contribution in [0.4, 0.5) is 5.82 Å². The predicted octanol–water partition coefficient (Wildman–Crippen LogP) is 3.13. The second kappa shape index (κ2) is 6.63. The van der Waals surface area contributed by atoms with E-state index < -0.39 is 0 Å². The summed E-state index contributed by atoms with van der Waals surface area (Å²) in [6.45, 7) is 7.16. The topological polar surface area (TPSA) is 48.7 Å². The van der Waals surface area contributed by atoms with Gasteiger partial charge >= 0.3 is 0 Å². The molecule has 4 heterocycles. The van der Waals surface area contributed by atoms with Crippen molar-refractivity contribution in [2.75, 3.05) is 31.6 Å². The third-order valence-electron chi connectivity index (χ3n) is 5.90. The zero-order valence-electron chi connectivity index (χ0n) is 16.7. The molecule has 1 fully saturated rings. The Morgan fingerprint density at radius 1 is 1.14 bits per heavy atom. The molecule has 1 saturated heterocycles. The molecular formula is C22H26N6. The molecule has 0 aliphatic carbocycles. The monoisotopic (exact) mass is 374 g/mol. The van der Waals surface area contributed by atoms with Crippen LogP contribution in [0, 0.1) is 6.92 Å². The quantitative estimate of drug-likeness (QED) is 0.760. The summed E-state index contributed by atoms with van der Waals surface area (Å²) in [5, 5.41) is 2.12. The summed E-state index contributed by atoms with van der Waals surface area (Å²) in [6, 6.07) is 8.88. The highest BCUT2D eigenvalue weighted by atomic mass is 15.5. The van der Waals surface area contributed by atoms with E-state index >= 15 is 0 Å². The lowest BCUT2D eigenvalue weighted by atomic mass is 10.0. The summed E-state index contributed by atoms with van der Waals surface area (Å²) in [5.74, 6) is 2.05. The Labute approximate surface area is 165 Å². The van der Waals surface area contributed by atoms with Gasteiger partial charge < -0.3 is 9.91 Å². The van der Waals surface area contributed by atoms with Gasteiger partial charge in [0.05, 0.1) is 11.4 Å². The van der Waals surface area contributed by atoms with Crippen molar-refractivity contribution < 1.29 is 0 Å². The van der Waals surface area contributed by atoms with Crippen molar-refractivity contribution in [3.63, 3.8) is 0 Å². The maximum absolute atomic E-state index is 4.99. The Hall–Kier alpha value is -2.86. The molecule has 2 aliphatic heterocycles. The standard InChI is InChI=1S/C22H26N6/c1-4-16-6-8-17(9-7-16)20-18(14-24-26(20)3)19-21-22(27-11-5-12-27)23-10-13-28(21)15(2)25-19/h6-10,13,24H,4-5,11-12,14H2,1-3H3. The van der Waals surface area contributed by atoms with Crippen LogP contribution in [0.2, 0.25) is 0 Å². The number of rotatable bonds is 4. The molecule has 1 N–H and O–H groups in total.